The van der Waals surface area contributed by atoms with Crippen LogP contribution in [-0.4, -0.2) is 22.5 Å². The molecule has 2 aromatic heterocycles. The van der Waals surface area contributed by atoms with Crippen LogP contribution in [0.25, 0.3) is 10.9 Å². The second-order valence-corrected chi connectivity index (χ2v) is 5.35. The highest BCUT2D eigenvalue weighted by atomic mass is 16.5. The zero-order valence-corrected chi connectivity index (χ0v) is 13.0. The molecule has 5 heteroatoms. The van der Waals surface area contributed by atoms with Crippen molar-refractivity contribution >= 4 is 22.6 Å². The molecule has 0 saturated heterocycles. The summed E-state index contributed by atoms with van der Waals surface area (Å²) in [7, 11) is 0. The Morgan fingerprint density at radius 3 is 2.96 bits per heavy atom. The van der Waals surface area contributed by atoms with Gasteiger partial charge in [0.1, 0.15) is 11.6 Å². The molecule has 5 nitrogen and oxygen atoms in total. The summed E-state index contributed by atoms with van der Waals surface area (Å²) in [5.74, 6) is 1.15. The number of nitrogens with one attached hydrogen (secondary N) is 2. The van der Waals surface area contributed by atoms with Gasteiger partial charge < -0.3 is 15.0 Å². The van der Waals surface area contributed by atoms with Gasteiger partial charge in [0.2, 0.25) is 5.91 Å². The molecule has 0 aliphatic carbocycles. The van der Waals surface area contributed by atoms with Crippen molar-refractivity contribution in [1.29, 1.82) is 0 Å². The standard InChI is InChI=1S/C18H19N3O2/c1-2-9-23-15-4-6-17(20-12-15)21-18(22)11-13-3-5-16-14(10-13)7-8-19-16/h3-8,10,12,19H,2,9,11H2,1H3,(H,20,21,22). The Labute approximate surface area is 134 Å². The lowest BCUT2D eigenvalue weighted by molar-refractivity contribution is -0.115. The molecule has 1 amide bonds. The largest absolute Gasteiger partial charge is 0.492 e. The molecule has 1 aromatic carbocycles. The number of pyridine rings is 1. The fourth-order valence-electron chi connectivity index (χ4n) is 2.34. The molecule has 0 aliphatic heterocycles. The lowest BCUT2D eigenvalue weighted by Gasteiger charge is -2.07. The fourth-order valence-corrected chi connectivity index (χ4v) is 2.34. The van der Waals surface area contributed by atoms with Crippen molar-refractivity contribution < 1.29 is 9.53 Å². The molecular formula is C18H19N3O2. The highest BCUT2D eigenvalue weighted by molar-refractivity contribution is 5.92. The summed E-state index contributed by atoms with van der Waals surface area (Å²) >= 11 is 0. The number of hydrogen-bond donors (Lipinski definition) is 2. The molecule has 3 rings (SSSR count). The molecular weight excluding hydrogens is 290 g/mol. The molecule has 2 N–H and O–H groups in total. The van der Waals surface area contributed by atoms with E-state index in [2.05, 4.69) is 15.3 Å². The molecule has 2 heterocycles. The van der Waals surface area contributed by atoms with Crippen molar-refractivity contribution in [2.45, 2.75) is 19.8 Å². The maximum Gasteiger partial charge on any atom is 0.229 e. The van der Waals surface area contributed by atoms with Crippen LogP contribution in [0.4, 0.5) is 5.82 Å². The van der Waals surface area contributed by atoms with E-state index in [0.29, 0.717) is 24.6 Å². The van der Waals surface area contributed by atoms with Gasteiger partial charge in [-0.05, 0) is 47.7 Å². The first-order valence-electron chi connectivity index (χ1n) is 7.69. The third-order valence-electron chi connectivity index (χ3n) is 3.46. The summed E-state index contributed by atoms with van der Waals surface area (Å²) in [4.78, 5) is 19.5. The van der Waals surface area contributed by atoms with Crippen molar-refractivity contribution in [2.75, 3.05) is 11.9 Å². The molecule has 0 aliphatic rings. The van der Waals surface area contributed by atoms with E-state index in [1.165, 1.54) is 0 Å². The Bertz CT molecular complexity index is 793. The van der Waals surface area contributed by atoms with Gasteiger partial charge in [-0.15, -0.1) is 0 Å². The van der Waals surface area contributed by atoms with Crippen LogP contribution in [0.5, 0.6) is 5.75 Å². The minimum atomic E-state index is -0.0883. The van der Waals surface area contributed by atoms with Crippen molar-refractivity contribution in [3.8, 4) is 5.75 Å². The molecule has 3 aromatic rings. The van der Waals surface area contributed by atoms with E-state index < -0.39 is 0 Å². The van der Waals surface area contributed by atoms with Crippen LogP contribution in [-0.2, 0) is 11.2 Å². The summed E-state index contributed by atoms with van der Waals surface area (Å²) in [6.45, 7) is 2.71. The third kappa shape index (κ3) is 3.88. The van der Waals surface area contributed by atoms with Gasteiger partial charge in [0.15, 0.2) is 0 Å². The highest BCUT2D eigenvalue weighted by Gasteiger charge is 2.06. The van der Waals surface area contributed by atoms with Gasteiger partial charge >= 0.3 is 0 Å². The van der Waals surface area contributed by atoms with Gasteiger partial charge in [-0.2, -0.15) is 0 Å². The van der Waals surface area contributed by atoms with Gasteiger partial charge in [0, 0.05) is 11.7 Å². The number of anilines is 1. The molecule has 0 fully saturated rings. The Hall–Kier alpha value is -2.82. The number of carbonyl (C=O) groups is 1. The molecule has 0 unspecified atom stereocenters. The number of ether oxygens (including phenoxy) is 1. The van der Waals surface area contributed by atoms with E-state index in [0.717, 1.165) is 22.9 Å². The SMILES string of the molecule is CCCOc1ccc(NC(=O)Cc2ccc3[nH]ccc3c2)nc1. The van der Waals surface area contributed by atoms with Crippen molar-refractivity contribution in [2.24, 2.45) is 0 Å². The van der Waals surface area contributed by atoms with Gasteiger partial charge in [-0.3, -0.25) is 4.79 Å². The van der Waals surface area contributed by atoms with Crippen LogP contribution in [0.15, 0.2) is 48.8 Å². The average molecular weight is 309 g/mol. The number of fused-ring (bicyclic) bond motifs is 1. The lowest BCUT2D eigenvalue weighted by atomic mass is 10.1. The highest BCUT2D eigenvalue weighted by Crippen LogP contribution is 2.16. The Balaban J connectivity index is 1.60. The maximum absolute atomic E-state index is 12.1. The fraction of sp³-hybridized carbons (Fsp3) is 0.222. The second kappa shape index (κ2) is 6.96. The van der Waals surface area contributed by atoms with Crippen molar-refractivity contribution in [3.05, 3.63) is 54.4 Å². The minimum absolute atomic E-state index is 0.0883. The zero-order valence-electron chi connectivity index (χ0n) is 13.0. The van der Waals surface area contributed by atoms with Gasteiger partial charge in [-0.1, -0.05) is 13.0 Å². The number of nitrogens with zero attached hydrogens (tertiary/aromatic N) is 1. The topological polar surface area (TPSA) is 67.0 Å². The van der Waals surface area contributed by atoms with E-state index in [1.807, 2.05) is 43.5 Å². The number of amides is 1. The Kier molecular flexibility index (Phi) is 4.57. The van der Waals surface area contributed by atoms with E-state index in [-0.39, 0.29) is 5.91 Å². The van der Waals surface area contributed by atoms with Crippen LogP contribution < -0.4 is 10.1 Å². The van der Waals surface area contributed by atoms with Crippen LogP contribution >= 0.6 is 0 Å². The molecule has 0 spiro atoms. The van der Waals surface area contributed by atoms with Crippen LogP contribution in [0.1, 0.15) is 18.9 Å². The Morgan fingerprint density at radius 2 is 2.17 bits per heavy atom. The predicted octanol–water partition coefficient (Wildman–Crippen LogP) is 3.53. The van der Waals surface area contributed by atoms with Crippen molar-refractivity contribution in [3.63, 3.8) is 0 Å². The number of aromatic nitrogens is 2. The first kappa shape index (κ1) is 15.1. The van der Waals surface area contributed by atoms with Crippen molar-refractivity contribution in [1.82, 2.24) is 9.97 Å². The molecule has 0 atom stereocenters. The number of rotatable bonds is 6. The number of hydrogen-bond acceptors (Lipinski definition) is 3. The zero-order chi connectivity index (χ0) is 16.1. The van der Waals surface area contributed by atoms with Crippen LogP contribution in [0, 0.1) is 0 Å². The summed E-state index contributed by atoms with van der Waals surface area (Å²) in [5.41, 5.74) is 2.04. The summed E-state index contributed by atoms with van der Waals surface area (Å²) in [6.07, 6.45) is 4.78. The first-order valence-corrected chi connectivity index (χ1v) is 7.69. The second-order valence-electron chi connectivity index (χ2n) is 5.35. The summed E-state index contributed by atoms with van der Waals surface area (Å²) < 4.78 is 5.47. The quantitative estimate of drug-likeness (QED) is 0.732. The first-order chi connectivity index (χ1) is 11.2. The molecule has 0 bridgehead atoms. The van der Waals surface area contributed by atoms with E-state index in [9.17, 15) is 4.79 Å². The van der Waals surface area contributed by atoms with Crippen LogP contribution in [0.3, 0.4) is 0 Å². The number of carbonyl (C=O) groups excluding carboxylic acids is 1. The number of aromatic amines is 1. The average Bonchev–Trinajstić information content (AvgIpc) is 3.02. The monoisotopic (exact) mass is 309 g/mol. The summed E-state index contributed by atoms with van der Waals surface area (Å²) in [5, 5.41) is 3.90. The molecule has 0 saturated carbocycles. The normalized spacial score (nSPS) is 10.7. The molecule has 0 radical (unpaired) electrons. The Morgan fingerprint density at radius 1 is 1.26 bits per heavy atom. The van der Waals surface area contributed by atoms with E-state index >= 15 is 0 Å². The van der Waals surface area contributed by atoms with Crippen LogP contribution in [0.2, 0.25) is 0 Å². The summed E-state index contributed by atoms with van der Waals surface area (Å²) in [6, 6.07) is 11.5. The van der Waals surface area contributed by atoms with Gasteiger partial charge in [-0.25, -0.2) is 4.98 Å². The smallest absolute Gasteiger partial charge is 0.229 e. The third-order valence-corrected chi connectivity index (χ3v) is 3.46. The molecule has 118 valence electrons. The number of benzene rings is 1. The minimum Gasteiger partial charge on any atom is -0.492 e. The maximum atomic E-state index is 12.1. The predicted molar refractivity (Wildman–Crippen MR) is 90.7 cm³/mol. The van der Waals surface area contributed by atoms with E-state index in [4.69, 9.17) is 4.74 Å². The van der Waals surface area contributed by atoms with Gasteiger partial charge in [0.25, 0.3) is 0 Å². The molecule has 23 heavy (non-hydrogen) atoms. The number of H-pyrrole nitrogens is 1. The van der Waals surface area contributed by atoms with Gasteiger partial charge in [0.05, 0.1) is 19.2 Å². The van der Waals surface area contributed by atoms with E-state index in [1.54, 1.807) is 12.3 Å². The lowest BCUT2D eigenvalue weighted by Crippen LogP contribution is -2.15.